The van der Waals surface area contributed by atoms with E-state index in [0.717, 1.165) is 10.9 Å². The van der Waals surface area contributed by atoms with Crippen LogP contribution in [-0.2, 0) is 11.9 Å². The van der Waals surface area contributed by atoms with Crippen LogP contribution in [0.25, 0.3) is 0 Å². The van der Waals surface area contributed by atoms with Crippen LogP contribution in [-0.4, -0.2) is 6.61 Å². The number of halogens is 3. The molecule has 2 aromatic carbocycles. The van der Waals surface area contributed by atoms with Gasteiger partial charge >= 0.3 is 0 Å². The minimum atomic E-state index is -0.292. The van der Waals surface area contributed by atoms with E-state index in [2.05, 4.69) is 31.9 Å². The summed E-state index contributed by atoms with van der Waals surface area (Å²) in [7, 11) is 0. The second kappa shape index (κ2) is 7.80. The third-order valence-corrected chi connectivity index (χ3v) is 4.00. The maximum absolute atomic E-state index is 13.8. The number of benzene rings is 2. The van der Waals surface area contributed by atoms with Crippen molar-refractivity contribution < 1.29 is 13.9 Å². The molecular formula is C16H15Br2FO2. The molecule has 0 atom stereocenters. The zero-order valence-corrected chi connectivity index (χ0v) is 14.7. The predicted molar refractivity (Wildman–Crippen MR) is 88.7 cm³/mol. The highest BCUT2D eigenvalue weighted by atomic mass is 79.9. The van der Waals surface area contributed by atoms with Crippen LogP contribution >= 0.6 is 31.9 Å². The number of ether oxygens (including phenoxy) is 2. The van der Waals surface area contributed by atoms with Crippen LogP contribution in [0.5, 0.6) is 11.5 Å². The number of hydrogen-bond donors (Lipinski definition) is 0. The average molecular weight is 418 g/mol. The van der Waals surface area contributed by atoms with Gasteiger partial charge in [-0.15, -0.1) is 0 Å². The summed E-state index contributed by atoms with van der Waals surface area (Å²) < 4.78 is 25.8. The molecule has 0 saturated carbocycles. The van der Waals surface area contributed by atoms with E-state index in [1.54, 1.807) is 12.1 Å². The van der Waals surface area contributed by atoms with E-state index in [9.17, 15) is 4.39 Å². The van der Waals surface area contributed by atoms with E-state index in [-0.39, 0.29) is 12.4 Å². The summed E-state index contributed by atoms with van der Waals surface area (Å²) in [5.74, 6) is 0.996. The molecule has 0 spiro atoms. The Morgan fingerprint density at radius 2 is 1.86 bits per heavy atom. The summed E-state index contributed by atoms with van der Waals surface area (Å²) in [5.41, 5.74) is 1.60. The lowest BCUT2D eigenvalue weighted by Crippen LogP contribution is -2.01. The van der Waals surface area contributed by atoms with Crippen LogP contribution in [0.1, 0.15) is 18.1 Å². The second-order valence-corrected chi connectivity index (χ2v) is 5.85. The Morgan fingerprint density at radius 3 is 2.52 bits per heavy atom. The molecule has 0 N–H and O–H groups in total. The van der Waals surface area contributed by atoms with Gasteiger partial charge < -0.3 is 9.47 Å². The van der Waals surface area contributed by atoms with E-state index in [1.807, 2.05) is 25.1 Å². The molecule has 2 rings (SSSR count). The van der Waals surface area contributed by atoms with E-state index in [1.165, 1.54) is 6.07 Å². The Labute approximate surface area is 140 Å². The van der Waals surface area contributed by atoms with Crippen molar-refractivity contribution >= 4 is 31.9 Å². The SMILES string of the molecule is CCOc1cc(CBr)ccc1OCc1ccc(Br)cc1F. The zero-order chi connectivity index (χ0) is 15.2. The molecule has 0 fully saturated rings. The monoisotopic (exact) mass is 416 g/mol. The van der Waals surface area contributed by atoms with Crippen molar-refractivity contribution in [1.29, 1.82) is 0 Å². The zero-order valence-electron chi connectivity index (χ0n) is 11.5. The molecule has 0 aliphatic heterocycles. The Kier molecular flexibility index (Phi) is 6.06. The maximum atomic E-state index is 13.8. The van der Waals surface area contributed by atoms with Gasteiger partial charge in [0.15, 0.2) is 11.5 Å². The van der Waals surface area contributed by atoms with Gasteiger partial charge in [-0.3, -0.25) is 0 Å². The van der Waals surface area contributed by atoms with Gasteiger partial charge in [-0.25, -0.2) is 4.39 Å². The first kappa shape index (κ1) is 16.3. The largest absolute Gasteiger partial charge is 0.490 e. The topological polar surface area (TPSA) is 18.5 Å². The standard InChI is InChI=1S/C16H15Br2FO2/c1-2-20-16-7-11(9-17)3-6-15(16)21-10-12-4-5-13(18)8-14(12)19/h3-8H,2,9-10H2,1H3. The Bertz CT molecular complexity index is 617. The van der Waals surface area contributed by atoms with Crippen LogP contribution < -0.4 is 9.47 Å². The predicted octanol–water partition coefficient (Wildman–Crippen LogP) is 5.46. The molecule has 0 aliphatic carbocycles. The van der Waals surface area contributed by atoms with Crippen molar-refractivity contribution in [1.82, 2.24) is 0 Å². The normalized spacial score (nSPS) is 10.5. The first-order valence-corrected chi connectivity index (χ1v) is 8.44. The number of rotatable bonds is 6. The lowest BCUT2D eigenvalue weighted by atomic mass is 10.2. The highest BCUT2D eigenvalue weighted by Crippen LogP contribution is 2.30. The lowest BCUT2D eigenvalue weighted by molar-refractivity contribution is 0.265. The molecular weight excluding hydrogens is 403 g/mol. The molecule has 5 heteroatoms. The van der Waals surface area contributed by atoms with Gasteiger partial charge in [0.25, 0.3) is 0 Å². The van der Waals surface area contributed by atoms with Crippen molar-refractivity contribution in [2.75, 3.05) is 6.61 Å². The van der Waals surface area contributed by atoms with Gasteiger partial charge in [-0.1, -0.05) is 44.0 Å². The molecule has 0 heterocycles. The highest BCUT2D eigenvalue weighted by Gasteiger charge is 2.09. The van der Waals surface area contributed by atoms with Crippen molar-refractivity contribution in [3.63, 3.8) is 0 Å². The molecule has 112 valence electrons. The fourth-order valence-corrected chi connectivity index (χ4v) is 2.50. The molecule has 0 unspecified atom stereocenters. The van der Waals surface area contributed by atoms with Gasteiger partial charge in [0.05, 0.1) is 6.61 Å². The Hall–Kier alpha value is -1.07. The second-order valence-electron chi connectivity index (χ2n) is 4.37. The summed E-state index contributed by atoms with van der Waals surface area (Å²) in [5, 5.41) is 0.745. The molecule has 2 nitrogen and oxygen atoms in total. The first-order valence-electron chi connectivity index (χ1n) is 6.52. The highest BCUT2D eigenvalue weighted by molar-refractivity contribution is 9.10. The van der Waals surface area contributed by atoms with Crippen LogP contribution in [0, 0.1) is 5.82 Å². The fraction of sp³-hybridized carbons (Fsp3) is 0.250. The van der Waals surface area contributed by atoms with Crippen molar-refractivity contribution in [3.05, 3.63) is 57.8 Å². The molecule has 0 amide bonds. The Balaban J connectivity index is 2.15. The summed E-state index contributed by atoms with van der Waals surface area (Å²) in [6.07, 6.45) is 0. The third-order valence-electron chi connectivity index (χ3n) is 2.86. The third kappa shape index (κ3) is 4.45. The summed E-state index contributed by atoms with van der Waals surface area (Å²) in [6.45, 7) is 2.63. The lowest BCUT2D eigenvalue weighted by Gasteiger charge is -2.13. The summed E-state index contributed by atoms with van der Waals surface area (Å²) in [4.78, 5) is 0. The van der Waals surface area contributed by atoms with E-state index in [0.29, 0.717) is 28.1 Å². The number of alkyl halides is 1. The fourth-order valence-electron chi connectivity index (χ4n) is 1.82. The molecule has 21 heavy (non-hydrogen) atoms. The Morgan fingerprint density at radius 1 is 1.05 bits per heavy atom. The van der Waals surface area contributed by atoms with Crippen molar-refractivity contribution in [2.45, 2.75) is 18.9 Å². The van der Waals surface area contributed by atoms with Crippen molar-refractivity contribution in [3.8, 4) is 11.5 Å². The quantitative estimate of drug-likeness (QED) is 0.581. The first-order chi connectivity index (χ1) is 10.1. The van der Waals surface area contributed by atoms with Gasteiger partial charge in [0.2, 0.25) is 0 Å². The van der Waals surface area contributed by atoms with E-state index >= 15 is 0 Å². The number of hydrogen-bond acceptors (Lipinski definition) is 2. The molecule has 2 aromatic rings. The smallest absolute Gasteiger partial charge is 0.161 e. The molecule has 0 radical (unpaired) electrons. The van der Waals surface area contributed by atoms with E-state index in [4.69, 9.17) is 9.47 Å². The van der Waals surface area contributed by atoms with E-state index < -0.39 is 0 Å². The van der Waals surface area contributed by atoms with Gasteiger partial charge in [-0.2, -0.15) is 0 Å². The molecule has 0 aliphatic rings. The van der Waals surface area contributed by atoms with Crippen LogP contribution in [0.15, 0.2) is 40.9 Å². The van der Waals surface area contributed by atoms with Crippen molar-refractivity contribution in [2.24, 2.45) is 0 Å². The van der Waals surface area contributed by atoms with Gasteiger partial charge in [-0.05, 0) is 36.8 Å². The summed E-state index contributed by atoms with van der Waals surface area (Å²) >= 11 is 6.64. The summed E-state index contributed by atoms with van der Waals surface area (Å²) in [6, 6.07) is 10.6. The molecule has 0 bridgehead atoms. The van der Waals surface area contributed by atoms with Gasteiger partial charge in [0.1, 0.15) is 12.4 Å². The van der Waals surface area contributed by atoms with Crippen LogP contribution in [0.2, 0.25) is 0 Å². The molecule has 0 saturated heterocycles. The minimum absolute atomic E-state index is 0.160. The maximum Gasteiger partial charge on any atom is 0.161 e. The van der Waals surface area contributed by atoms with Gasteiger partial charge in [0, 0.05) is 15.4 Å². The average Bonchev–Trinajstić information content (AvgIpc) is 2.47. The van der Waals surface area contributed by atoms with Crippen LogP contribution in [0.3, 0.4) is 0 Å². The molecule has 0 aromatic heterocycles. The van der Waals surface area contributed by atoms with Crippen LogP contribution in [0.4, 0.5) is 4.39 Å². The minimum Gasteiger partial charge on any atom is -0.490 e.